The van der Waals surface area contributed by atoms with E-state index in [0.29, 0.717) is 0 Å². The average Bonchev–Trinajstić information content (AvgIpc) is 2.00. The van der Waals surface area contributed by atoms with Gasteiger partial charge in [-0.15, -0.1) is 0 Å². The van der Waals surface area contributed by atoms with Crippen LogP contribution in [0.1, 0.15) is 0 Å². The van der Waals surface area contributed by atoms with Crippen molar-refractivity contribution in [2.45, 2.75) is 0 Å². The van der Waals surface area contributed by atoms with E-state index in [9.17, 15) is 0 Å². The van der Waals surface area contributed by atoms with Crippen molar-refractivity contribution >= 4 is 15.9 Å². The Balaban J connectivity index is 0.000000371. The number of phenolic OH excluding ortho intramolecular Hbond substituents is 1. The van der Waals surface area contributed by atoms with Crippen molar-refractivity contribution in [2.24, 2.45) is 0 Å². The van der Waals surface area contributed by atoms with Crippen LogP contribution < -0.4 is 0 Å². The molecule has 1 aromatic carbocycles. The van der Waals surface area contributed by atoms with Crippen molar-refractivity contribution in [3.63, 3.8) is 0 Å². The molecule has 0 unspecified atom stereocenters. The van der Waals surface area contributed by atoms with Crippen molar-refractivity contribution < 1.29 is 10.2 Å². The molecule has 3 heteroatoms. The van der Waals surface area contributed by atoms with E-state index in [0.717, 1.165) is 11.6 Å². The third kappa shape index (κ3) is 2.85. The minimum atomic E-state index is 0.285. The topological polar surface area (TPSA) is 40.5 Å². The van der Waals surface area contributed by atoms with Crippen LogP contribution in [0.2, 0.25) is 0 Å². The molecule has 0 heterocycles. The molecular weight excluding hydrogens is 196 g/mol. The molecule has 1 rings (SSSR count). The van der Waals surface area contributed by atoms with E-state index in [2.05, 4.69) is 15.9 Å². The van der Waals surface area contributed by atoms with Crippen LogP contribution in [0.25, 0.3) is 0 Å². The quantitative estimate of drug-likeness (QED) is 0.677. The molecule has 0 atom stereocenters. The van der Waals surface area contributed by atoms with E-state index in [1.165, 1.54) is 0 Å². The second-order valence-electron chi connectivity index (χ2n) is 1.45. The van der Waals surface area contributed by atoms with Crippen molar-refractivity contribution in [1.29, 1.82) is 0 Å². The lowest BCUT2D eigenvalue weighted by Gasteiger charge is -1.90. The van der Waals surface area contributed by atoms with Crippen molar-refractivity contribution in [3.05, 3.63) is 28.7 Å². The normalized spacial score (nSPS) is 7.90. The number of halogens is 1. The predicted molar refractivity (Wildman–Crippen MR) is 43.9 cm³/mol. The number of aromatic hydroxyl groups is 1. The molecular formula is C7H9BrO2. The molecule has 0 aliphatic heterocycles. The van der Waals surface area contributed by atoms with Gasteiger partial charge in [0.1, 0.15) is 5.75 Å². The first-order chi connectivity index (χ1) is 4.80. The van der Waals surface area contributed by atoms with Crippen LogP contribution in [0.4, 0.5) is 0 Å². The van der Waals surface area contributed by atoms with Gasteiger partial charge in [0.2, 0.25) is 0 Å². The molecule has 0 radical (unpaired) electrons. The lowest BCUT2D eigenvalue weighted by Crippen LogP contribution is -1.63. The molecule has 0 fully saturated rings. The lowest BCUT2D eigenvalue weighted by molar-refractivity contribution is 0.399. The Kier molecular flexibility index (Phi) is 4.98. The zero-order valence-electron chi connectivity index (χ0n) is 5.58. The summed E-state index contributed by atoms with van der Waals surface area (Å²) in [6, 6.07) is 7.04. The Bertz CT molecular complexity index is 168. The number of benzene rings is 1. The largest absolute Gasteiger partial charge is 0.507 e. The van der Waals surface area contributed by atoms with Crippen LogP contribution in [-0.2, 0) is 0 Å². The number of hydrogen-bond donors (Lipinski definition) is 2. The molecule has 0 aromatic heterocycles. The molecule has 0 saturated carbocycles. The summed E-state index contributed by atoms with van der Waals surface area (Å²) in [4.78, 5) is 0. The van der Waals surface area contributed by atoms with Crippen LogP contribution in [0.5, 0.6) is 5.75 Å². The molecule has 0 aliphatic carbocycles. The Morgan fingerprint density at radius 3 is 2.00 bits per heavy atom. The van der Waals surface area contributed by atoms with Gasteiger partial charge in [-0.2, -0.15) is 0 Å². The van der Waals surface area contributed by atoms with Gasteiger partial charge in [0.15, 0.2) is 0 Å². The predicted octanol–water partition coefficient (Wildman–Crippen LogP) is 1.76. The van der Waals surface area contributed by atoms with E-state index in [1.807, 2.05) is 6.07 Å². The third-order valence-electron chi connectivity index (χ3n) is 0.852. The molecule has 1 aromatic rings. The second-order valence-corrected chi connectivity index (χ2v) is 2.31. The summed E-state index contributed by atoms with van der Waals surface area (Å²) in [5, 5.41) is 15.9. The van der Waals surface area contributed by atoms with Gasteiger partial charge in [-0.1, -0.05) is 12.1 Å². The van der Waals surface area contributed by atoms with Crippen molar-refractivity contribution in [1.82, 2.24) is 0 Å². The Morgan fingerprint density at radius 2 is 1.70 bits per heavy atom. The van der Waals surface area contributed by atoms with Gasteiger partial charge in [-0.25, -0.2) is 0 Å². The van der Waals surface area contributed by atoms with Gasteiger partial charge in [0.05, 0.1) is 4.47 Å². The highest BCUT2D eigenvalue weighted by atomic mass is 79.9. The molecule has 2 N–H and O–H groups in total. The monoisotopic (exact) mass is 204 g/mol. The third-order valence-corrected chi connectivity index (χ3v) is 1.52. The number of para-hydroxylation sites is 1. The van der Waals surface area contributed by atoms with Crippen LogP contribution in [-0.4, -0.2) is 17.3 Å². The van der Waals surface area contributed by atoms with Gasteiger partial charge in [0.25, 0.3) is 0 Å². The maximum absolute atomic E-state index is 8.87. The molecule has 56 valence electrons. The van der Waals surface area contributed by atoms with Crippen molar-refractivity contribution in [3.8, 4) is 5.75 Å². The molecule has 0 amide bonds. The molecule has 0 aliphatic rings. The molecule has 2 nitrogen and oxygen atoms in total. The summed E-state index contributed by atoms with van der Waals surface area (Å²) < 4.78 is 0.736. The Morgan fingerprint density at radius 1 is 1.20 bits per heavy atom. The van der Waals surface area contributed by atoms with Crippen LogP contribution >= 0.6 is 15.9 Å². The highest BCUT2D eigenvalue weighted by molar-refractivity contribution is 9.10. The molecule has 10 heavy (non-hydrogen) atoms. The number of phenols is 1. The van der Waals surface area contributed by atoms with Gasteiger partial charge < -0.3 is 10.2 Å². The van der Waals surface area contributed by atoms with Gasteiger partial charge in [-0.05, 0) is 28.1 Å². The van der Waals surface area contributed by atoms with E-state index in [1.54, 1.807) is 18.2 Å². The smallest absolute Gasteiger partial charge is 0.129 e. The zero-order chi connectivity index (χ0) is 7.98. The second kappa shape index (κ2) is 5.26. The first kappa shape index (κ1) is 9.46. The highest BCUT2D eigenvalue weighted by Gasteiger charge is 1.89. The van der Waals surface area contributed by atoms with E-state index in [-0.39, 0.29) is 5.75 Å². The van der Waals surface area contributed by atoms with Gasteiger partial charge in [-0.3, -0.25) is 0 Å². The van der Waals surface area contributed by atoms with Gasteiger partial charge in [0, 0.05) is 7.11 Å². The number of hydrogen-bond acceptors (Lipinski definition) is 2. The lowest BCUT2D eigenvalue weighted by atomic mass is 10.3. The maximum atomic E-state index is 8.87. The SMILES string of the molecule is CO.Oc1ccccc1Br. The highest BCUT2D eigenvalue weighted by Crippen LogP contribution is 2.21. The number of aliphatic hydroxyl groups is 1. The fourth-order valence-electron chi connectivity index (χ4n) is 0.452. The molecule has 0 bridgehead atoms. The first-order valence-electron chi connectivity index (χ1n) is 2.69. The molecule has 0 spiro atoms. The number of aliphatic hydroxyl groups excluding tert-OH is 1. The first-order valence-corrected chi connectivity index (χ1v) is 3.48. The van der Waals surface area contributed by atoms with E-state index < -0.39 is 0 Å². The summed E-state index contributed by atoms with van der Waals surface area (Å²) in [7, 11) is 1.00. The minimum Gasteiger partial charge on any atom is -0.507 e. The Hall–Kier alpha value is -0.540. The standard InChI is InChI=1S/C6H5BrO.CH4O/c7-5-3-1-2-4-6(5)8;1-2/h1-4,8H;2H,1H3. The van der Waals surface area contributed by atoms with Crippen LogP contribution in [0, 0.1) is 0 Å². The minimum absolute atomic E-state index is 0.285. The molecule has 0 saturated heterocycles. The fraction of sp³-hybridized carbons (Fsp3) is 0.143. The van der Waals surface area contributed by atoms with E-state index in [4.69, 9.17) is 10.2 Å². The summed E-state index contributed by atoms with van der Waals surface area (Å²) in [6.45, 7) is 0. The number of rotatable bonds is 0. The maximum Gasteiger partial charge on any atom is 0.129 e. The summed E-state index contributed by atoms with van der Waals surface area (Å²) in [6.07, 6.45) is 0. The summed E-state index contributed by atoms with van der Waals surface area (Å²) >= 11 is 3.15. The summed E-state index contributed by atoms with van der Waals surface area (Å²) in [5.41, 5.74) is 0. The fourth-order valence-corrected chi connectivity index (χ4v) is 0.737. The van der Waals surface area contributed by atoms with Gasteiger partial charge >= 0.3 is 0 Å². The van der Waals surface area contributed by atoms with Crippen LogP contribution in [0.3, 0.4) is 0 Å². The summed E-state index contributed by atoms with van der Waals surface area (Å²) in [5.74, 6) is 0.285. The van der Waals surface area contributed by atoms with E-state index >= 15 is 0 Å². The zero-order valence-corrected chi connectivity index (χ0v) is 7.17. The Labute approximate surface area is 68.3 Å². The average molecular weight is 205 g/mol. The van der Waals surface area contributed by atoms with Crippen molar-refractivity contribution in [2.75, 3.05) is 7.11 Å². The van der Waals surface area contributed by atoms with Crippen LogP contribution in [0.15, 0.2) is 28.7 Å².